The molecule has 7 heteroatoms. The highest BCUT2D eigenvalue weighted by molar-refractivity contribution is 6.05. The third kappa shape index (κ3) is 2.15. The Balaban J connectivity index is 2.30. The Morgan fingerprint density at radius 2 is 2.17 bits per heavy atom. The van der Waals surface area contributed by atoms with Crippen LogP contribution in [0.4, 0.5) is 20.2 Å². The molecule has 0 unspecified atom stereocenters. The lowest BCUT2D eigenvalue weighted by atomic mass is 10.2. The quantitative estimate of drug-likeness (QED) is 0.796. The van der Waals surface area contributed by atoms with Gasteiger partial charge >= 0.3 is 0 Å². The lowest BCUT2D eigenvalue weighted by Gasteiger charge is -2.08. The molecule has 5 nitrogen and oxygen atoms in total. The minimum Gasteiger partial charge on any atom is -0.397 e. The third-order valence-electron chi connectivity index (χ3n) is 2.33. The molecule has 94 valence electrons. The lowest BCUT2D eigenvalue weighted by molar-refractivity contribution is 0.102. The summed E-state index contributed by atoms with van der Waals surface area (Å²) in [6.45, 7) is 0. The fraction of sp³-hybridized carbons (Fsp3) is 0.0909. The summed E-state index contributed by atoms with van der Waals surface area (Å²) < 4.78 is 27.9. The summed E-state index contributed by atoms with van der Waals surface area (Å²) in [5, 5.41) is 6.02. The maximum absolute atomic E-state index is 13.5. The van der Waals surface area contributed by atoms with Crippen LogP contribution in [0.5, 0.6) is 0 Å². The first-order chi connectivity index (χ1) is 8.49. The second kappa shape index (κ2) is 4.44. The Kier molecular flexibility index (Phi) is 2.97. The van der Waals surface area contributed by atoms with Gasteiger partial charge in [-0.05, 0) is 12.1 Å². The molecule has 0 saturated carbocycles. The van der Waals surface area contributed by atoms with Crippen LogP contribution in [0.25, 0.3) is 0 Å². The van der Waals surface area contributed by atoms with Gasteiger partial charge in [0.05, 0.1) is 17.4 Å². The second-order valence-electron chi connectivity index (χ2n) is 3.68. The molecule has 0 aliphatic carbocycles. The van der Waals surface area contributed by atoms with Crippen molar-refractivity contribution in [3.63, 3.8) is 0 Å². The first-order valence-electron chi connectivity index (χ1n) is 5.02. The number of carbonyl (C=O) groups excluding carboxylic acids is 1. The van der Waals surface area contributed by atoms with Crippen molar-refractivity contribution < 1.29 is 13.6 Å². The van der Waals surface area contributed by atoms with Gasteiger partial charge in [0.2, 0.25) is 0 Å². The largest absolute Gasteiger partial charge is 0.397 e. The Morgan fingerprint density at radius 1 is 1.44 bits per heavy atom. The molecule has 0 atom stereocenters. The molecule has 0 fully saturated rings. The molecule has 3 N–H and O–H groups in total. The molecular formula is C11H10F2N4O. The van der Waals surface area contributed by atoms with Gasteiger partial charge in [0.1, 0.15) is 5.69 Å². The molecule has 2 rings (SSSR count). The summed E-state index contributed by atoms with van der Waals surface area (Å²) in [5.74, 6) is -2.88. The predicted molar refractivity (Wildman–Crippen MR) is 61.9 cm³/mol. The first kappa shape index (κ1) is 12.0. The lowest BCUT2D eigenvalue weighted by Crippen LogP contribution is -2.14. The zero-order valence-corrected chi connectivity index (χ0v) is 9.45. The fourth-order valence-electron chi connectivity index (χ4n) is 1.42. The monoisotopic (exact) mass is 252 g/mol. The van der Waals surface area contributed by atoms with Crippen LogP contribution in [0.1, 0.15) is 10.4 Å². The minimum atomic E-state index is -1.19. The topological polar surface area (TPSA) is 72.9 Å². The van der Waals surface area contributed by atoms with E-state index in [0.29, 0.717) is 0 Å². The summed E-state index contributed by atoms with van der Waals surface area (Å²) in [5.41, 5.74) is 5.28. The predicted octanol–water partition coefficient (Wildman–Crippen LogP) is 1.53. The van der Waals surface area contributed by atoms with Crippen molar-refractivity contribution in [2.75, 3.05) is 11.1 Å². The molecule has 2 aromatic rings. The number of aromatic nitrogens is 2. The molecule has 0 aliphatic heterocycles. The maximum atomic E-state index is 13.5. The van der Waals surface area contributed by atoms with E-state index in [-0.39, 0.29) is 16.9 Å². The number of hydrogen-bond donors (Lipinski definition) is 2. The number of aryl methyl sites for hydroxylation is 1. The summed E-state index contributed by atoms with van der Waals surface area (Å²) in [6, 6.07) is 2.07. The molecule has 1 heterocycles. The average Bonchev–Trinajstić information content (AvgIpc) is 2.76. The minimum absolute atomic E-state index is 0.0499. The van der Waals surface area contributed by atoms with E-state index in [2.05, 4.69) is 10.4 Å². The van der Waals surface area contributed by atoms with Crippen molar-refractivity contribution in [2.24, 2.45) is 7.05 Å². The van der Waals surface area contributed by atoms with Crippen LogP contribution >= 0.6 is 0 Å². The number of nitrogens with two attached hydrogens (primary N) is 1. The van der Waals surface area contributed by atoms with Crippen molar-refractivity contribution >= 4 is 17.3 Å². The zero-order chi connectivity index (χ0) is 13.3. The molecule has 0 bridgehead atoms. The molecule has 0 spiro atoms. The number of amides is 1. The van der Waals surface area contributed by atoms with Gasteiger partial charge in [-0.2, -0.15) is 5.10 Å². The van der Waals surface area contributed by atoms with Crippen molar-refractivity contribution in [1.82, 2.24) is 9.78 Å². The van der Waals surface area contributed by atoms with E-state index < -0.39 is 17.5 Å². The summed E-state index contributed by atoms with van der Waals surface area (Å²) >= 11 is 0. The molecule has 1 aromatic heterocycles. The van der Waals surface area contributed by atoms with Crippen molar-refractivity contribution in [3.8, 4) is 0 Å². The molecule has 18 heavy (non-hydrogen) atoms. The number of anilines is 2. The fourth-order valence-corrected chi connectivity index (χ4v) is 1.42. The van der Waals surface area contributed by atoms with Crippen LogP contribution in [0.15, 0.2) is 24.5 Å². The van der Waals surface area contributed by atoms with Crippen LogP contribution in [-0.4, -0.2) is 15.7 Å². The molecule has 0 saturated heterocycles. The Hall–Kier alpha value is -2.44. The first-order valence-corrected chi connectivity index (χ1v) is 5.02. The smallest absolute Gasteiger partial charge is 0.258 e. The van der Waals surface area contributed by atoms with Gasteiger partial charge in [-0.1, -0.05) is 0 Å². The van der Waals surface area contributed by atoms with E-state index >= 15 is 0 Å². The van der Waals surface area contributed by atoms with E-state index in [1.165, 1.54) is 23.1 Å². The van der Waals surface area contributed by atoms with E-state index in [1.54, 1.807) is 7.05 Å². The number of carbonyl (C=O) groups is 1. The second-order valence-corrected chi connectivity index (χ2v) is 3.68. The molecular weight excluding hydrogens is 242 g/mol. The highest BCUT2D eigenvalue weighted by Crippen LogP contribution is 2.24. The molecule has 1 amide bonds. The maximum Gasteiger partial charge on any atom is 0.258 e. The number of rotatable bonds is 2. The van der Waals surface area contributed by atoms with Crippen LogP contribution < -0.4 is 11.1 Å². The number of benzene rings is 1. The van der Waals surface area contributed by atoms with E-state index in [0.717, 1.165) is 6.07 Å². The number of nitrogens with zero attached hydrogens (tertiary/aromatic N) is 2. The van der Waals surface area contributed by atoms with Crippen molar-refractivity contribution in [3.05, 3.63) is 41.7 Å². The number of nitrogen functional groups attached to an aromatic ring is 1. The Morgan fingerprint density at radius 3 is 2.78 bits per heavy atom. The zero-order valence-electron chi connectivity index (χ0n) is 9.45. The van der Waals surface area contributed by atoms with Gasteiger partial charge in [-0.15, -0.1) is 0 Å². The SMILES string of the molecule is Cn1cc(C(=O)Nc2c(N)ccc(F)c2F)cn1. The number of nitrogens with one attached hydrogen (secondary N) is 1. The van der Waals surface area contributed by atoms with Crippen molar-refractivity contribution in [2.45, 2.75) is 0 Å². The van der Waals surface area contributed by atoms with Crippen molar-refractivity contribution in [1.29, 1.82) is 0 Å². The number of halogens is 2. The van der Waals surface area contributed by atoms with Gasteiger partial charge in [0.25, 0.3) is 5.91 Å². The van der Waals surface area contributed by atoms with Crippen LogP contribution in [0.2, 0.25) is 0 Å². The van der Waals surface area contributed by atoms with Gasteiger partial charge in [-0.3, -0.25) is 9.48 Å². The Labute approximate surface area is 101 Å². The standard InChI is InChI=1S/C11H10F2N4O/c1-17-5-6(4-15-17)11(18)16-10-8(14)3-2-7(12)9(10)13/h2-5H,14H2,1H3,(H,16,18). The van der Waals surface area contributed by atoms with E-state index in [9.17, 15) is 13.6 Å². The molecule has 0 radical (unpaired) electrons. The summed E-state index contributed by atoms with van der Waals surface area (Å²) in [4.78, 5) is 11.7. The normalized spacial score (nSPS) is 10.4. The third-order valence-corrected chi connectivity index (χ3v) is 2.33. The Bertz CT molecular complexity index is 609. The van der Waals surface area contributed by atoms with E-state index in [1.807, 2.05) is 0 Å². The van der Waals surface area contributed by atoms with Gasteiger partial charge in [0, 0.05) is 13.2 Å². The molecule has 0 aliphatic rings. The summed E-state index contributed by atoms with van der Waals surface area (Å²) in [7, 11) is 1.63. The van der Waals surface area contributed by atoms with Crippen LogP contribution in [0, 0.1) is 11.6 Å². The van der Waals surface area contributed by atoms with Crippen LogP contribution in [0.3, 0.4) is 0 Å². The number of hydrogen-bond acceptors (Lipinski definition) is 3. The van der Waals surface area contributed by atoms with Gasteiger partial charge in [0.15, 0.2) is 11.6 Å². The van der Waals surface area contributed by atoms with E-state index in [4.69, 9.17) is 5.73 Å². The molecule has 1 aromatic carbocycles. The summed E-state index contributed by atoms with van der Waals surface area (Å²) in [6.07, 6.45) is 2.76. The highest BCUT2D eigenvalue weighted by atomic mass is 19.2. The van der Waals surface area contributed by atoms with Crippen LogP contribution in [-0.2, 0) is 7.05 Å². The van der Waals surface area contributed by atoms with Gasteiger partial charge < -0.3 is 11.1 Å². The highest BCUT2D eigenvalue weighted by Gasteiger charge is 2.16. The van der Waals surface area contributed by atoms with Gasteiger partial charge in [-0.25, -0.2) is 8.78 Å². The average molecular weight is 252 g/mol.